The van der Waals surface area contributed by atoms with Crippen molar-refractivity contribution in [1.29, 1.82) is 0 Å². The van der Waals surface area contributed by atoms with E-state index in [2.05, 4.69) is 126 Å². The van der Waals surface area contributed by atoms with Gasteiger partial charge in [0.1, 0.15) is 22.3 Å². The van der Waals surface area contributed by atoms with Crippen LogP contribution in [0.2, 0.25) is 0 Å². The van der Waals surface area contributed by atoms with E-state index in [1.54, 1.807) is 0 Å². The second-order valence-electron chi connectivity index (χ2n) is 14.4. The number of nitrogens with zero attached hydrogens (tertiary/aromatic N) is 2. The maximum atomic E-state index is 14.0. The summed E-state index contributed by atoms with van der Waals surface area (Å²) in [4.78, 5) is 14.0. The molecule has 5 aromatic heterocycles. The van der Waals surface area contributed by atoms with Crippen LogP contribution < -0.4 is 5.56 Å². The van der Waals surface area contributed by atoms with Crippen molar-refractivity contribution in [2.24, 2.45) is 0 Å². The summed E-state index contributed by atoms with van der Waals surface area (Å²) in [5, 5.41) is 11.7. The van der Waals surface area contributed by atoms with Crippen LogP contribution in [0.3, 0.4) is 0 Å². The van der Waals surface area contributed by atoms with E-state index in [4.69, 9.17) is 8.83 Å². The summed E-state index contributed by atoms with van der Waals surface area (Å²) in [6.45, 7) is 0. The third-order valence-electron chi connectivity index (χ3n) is 11.7. The van der Waals surface area contributed by atoms with E-state index in [1.807, 2.05) is 40.8 Å². The quantitative estimate of drug-likeness (QED) is 0.170. The normalized spacial score (nSPS) is 12.5. The Kier molecular flexibility index (Phi) is 5.20. The van der Waals surface area contributed by atoms with E-state index in [-0.39, 0.29) is 5.56 Å². The highest BCUT2D eigenvalue weighted by Crippen LogP contribution is 2.44. The van der Waals surface area contributed by atoms with E-state index < -0.39 is 0 Å². The van der Waals surface area contributed by atoms with Crippen molar-refractivity contribution < 1.29 is 8.83 Å². The zero-order valence-corrected chi connectivity index (χ0v) is 28.6. The maximum Gasteiger partial charge on any atom is 0.263 e. The molecule has 0 radical (unpaired) electrons. The highest BCUT2D eigenvalue weighted by Gasteiger charge is 2.21. The highest BCUT2D eigenvalue weighted by atomic mass is 16.3. The van der Waals surface area contributed by atoms with Crippen LogP contribution in [0.15, 0.2) is 171 Å². The van der Waals surface area contributed by atoms with Gasteiger partial charge in [-0.25, -0.2) is 0 Å². The fourth-order valence-corrected chi connectivity index (χ4v) is 9.44. The lowest BCUT2D eigenvalue weighted by molar-refractivity contribution is 0.668. The van der Waals surface area contributed by atoms with E-state index >= 15 is 0 Å². The van der Waals surface area contributed by atoms with Gasteiger partial charge in [-0.15, -0.1) is 0 Å². The van der Waals surface area contributed by atoms with Gasteiger partial charge in [0.05, 0.1) is 22.1 Å². The van der Waals surface area contributed by atoms with Gasteiger partial charge in [0, 0.05) is 59.5 Å². The molecular formula is C49H26N2O3. The molecule has 0 atom stereocenters. The van der Waals surface area contributed by atoms with Crippen LogP contribution in [0.25, 0.3) is 120 Å². The second-order valence-corrected chi connectivity index (χ2v) is 14.4. The van der Waals surface area contributed by atoms with Crippen LogP contribution in [0.1, 0.15) is 0 Å². The number of fused-ring (bicyclic) bond motifs is 15. The lowest BCUT2D eigenvalue weighted by Crippen LogP contribution is -2.12. The largest absolute Gasteiger partial charge is 0.456 e. The zero-order chi connectivity index (χ0) is 35.2. The molecule has 0 saturated heterocycles. The number of hydrogen-bond donors (Lipinski definition) is 0. The van der Waals surface area contributed by atoms with E-state index in [0.717, 1.165) is 110 Å². The van der Waals surface area contributed by atoms with Crippen molar-refractivity contribution in [3.05, 3.63) is 168 Å². The third kappa shape index (κ3) is 3.46. The Morgan fingerprint density at radius 2 is 1.04 bits per heavy atom. The summed E-state index contributed by atoms with van der Waals surface area (Å²) in [6, 6.07) is 54.8. The molecule has 5 heterocycles. The Morgan fingerprint density at radius 1 is 0.389 bits per heavy atom. The predicted molar refractivity (Wildman–Crippen MR) is 222 cm³/mol. The molecule has 250 valence electrons. The fourth-order valence-electron chi connectivity index (χ4n) is 9.44. The van der Waals surface area contributed by atoms with Crippen LogP contribution in [-0.2, 0) is 0 Å². The zero-order valence-electron chi connectivity index (χ0n) is 28.6. The number of aromatic nitrogens is 2. The molecule has 5 nitrogen and oxygen atoms in total. The molecule has 0 N–H and O–H groups in total. The van der Waals surface area contributed by atoms with Crippen molar-refractivity contribution in [3.8, 4) is 16.8 Å². The molecule has 0 aliphatic rings. The molecule has 0 amide bonds. The number of rotatable bonds is 2. The minimum atomic E-state index is 0.0132. The average molecular weight is 691 g/mol. The van der Waals surface area contributed by atoms with Gasteiger partial charge in [0.25, 0.3) is 5.56 Å². The molecule has 0 aliphatic heterocycles. The van der Waals surface area contributed by atoms with E-state index in [0.29, 0.717) is 0 Å². The Bertz CT molecular complexity index is 3820. The molecule has 0 spiro atoms. The Balaban J connectivity index is 1.07. The van der Waals surface area contributed by atoms with Gasteiger partial charge < -0.3 is 13.4 Å². The van der Waals surface area contributed by atoms with E-state index in [9.17, 15) is 4.79 Å². The first kappa shape index (κ1) is 28.2. The minimum Gasteiger partial charge on any atom is -0.456 e. The molecule has 0 saturated carbocycles. The molecule has 0 aliphatic carbocycles. The first-order chi connectivity index (χ1) is 26.7. The molecule has 13 aromatic rings. The summed E-state index contributed by atoms with van der Waals surface area (Å²) in [5.41, 5.74) is 10.8. The Labute approximate surface area is 305 Å². The van der Waals surface area contributed by atoms with Crippen molar-refractivity contribution >= 4 is 104 Å². The highest BCUT2D eigenvalue weighted by molar-refractivity contribution is 6.27. The summed E-state index contributed by atoms with van der Waals surface area (Å²) in [7, 11) is 0. The van der Waals surface area contributed by atoms with Crippen molar-refractivity contribution in [2.45, 2.75) is 0 Å². The van der Waals surface area contributed by atoms with Crippen molar-refractivity contribution in [3.63, 3.8) is 0 Å². The first-order valence-electron chi connectivity index (χ1n) is 18.2. The number of pyridine rings is 1. The van der Waals surface area contributed by atoms with Gasteiger partial charge in [-0.3, -0.25) is 9.20 Å². The number of hydrogen-bond acceptors (Lipinski definition) is 3. The van der Waals surface area contributed by atoms with Crippen LogP contribution >= 0.6 is 0 Å². The van der Waals surface area contributed by atoms with Gasteiger partial charge in [-0.2, -0.15) is 0 Å². The van der Waals surface area contributed by atoms with Gasteiger partial charge in [-0.1, -0.05) is 91.0 Å². The molecule has 0 fully saturated rings. The molecule has 0 bridgehead atoms. The van der Waals surface area contributed by atoms with Gasteiger partial charge >= 0.3 is 0 Å². The lowest BCUT2D eigenvalue weighted by Gasteiger charge is -2.09. The lowest BCUT2D eigenvalue weighted by atomic mass is 9.97. The van der Waals surface area contributed by atoms with Crippen molar-refractivity contribution in [1.82, 2.24) is 8.97 Å². The third-order valence-corrected chi connectivity index (χ3v) is 11.7. The molecule has 5 heteroatoms. The minimum absolute atomic E-state index is 0.0132. The molecule has 13 rings (SSSR count). The van der Waals surface area contributed by atoms with Crippen LogP contribution in [0, 0.1) is 0 Å². The van der Waals surface area contributed by atoms with Crippen LogP contribution in [0.4, 0.5) is 0 Å². The standard InChI is InChI=1S/C49H26N2O3/c52-49-33-10-2-1-9-30(33)31-14-7-15-32-36-25-27(19-21-39(36)51(49)48(31)32)29-13-8-18-43-45(29)37-26-28(20-23-42(37)54-43)50-38-16-5-3-11-34(38)46-40(50)22-24-44-47(46)35-12-4-6-17-41(35)53-44/h1-26H. The number of benzene rings is 8. The first-order valence-corrected chi connectivity index (χ1v) is 18.2. The van der Waals surface area contributed by atoms with E-state index in [1.165, 1.54) is 10.8 Å². The summed E-state index contributed by atoms with van der Waals surface area (Å²) >= 11 is 0. The second kappa shape index (κ2) is 9.94. The Morgan fingerprint density at radius 3 is 1.93 bits per heavy atom. The topological polar surface area (TPSA) is 52.7 Å². The SMILES string of the molecule is O=c1c2ccccc2c2cccc3c4cc(-c5cccc6oc7ccc(-n8c9ccccc9c9c%10c(ccc98)oc8ccccc8%10)cc7c56)ccc4n1c23. The summed E-state index contributed by atoms with van der Waals surface area (Å²) < 4.78 is 17.1. The molecular weight excluding hydrogens is 665 g/mol. The predicted octanol–water partition coefficient (Wildman–Crippen LogP) is 12.8. The monoisotopic (exact) mass is 690 g/mol. The average Bonchev–Trinajstić information content (AvgIpc) is 3.97. The molecule has 0 unspecified atom stereocenters. The maximum absolute atomic E-state index is 14.0. The molecule has 54 heavy (non-hydrogen) atoms. The Hall–Kier alpha value is -7.37. The van der Waals surface area contributed by atoms with Gasteiger partial charge in [-0.05, 0) is 83.2 Å². The smallest absolute Gasteiger partial charge is 0.263 e. The fraction of sp³-hybridized carbons (Fsp3) is 0. The molecule has 8 aromatic carbocycles. The number of para-hydroxylation sites is 3. The van der Waals surface area contributed by atoms with Crippen molar-refractivity contribution in [2.75, 3.05) is 0 Å². The summed E-state index contributed by atoms with van der Waals surface area (Å²) in [6.07, 6.45) is 0. The van der Waals surface area contributed by atoms with Crippen LogP contribution in [0.5, 0.6) is 0 Å². The van der Waals surface area contributed by atoms with Gasteiger partial charge in [0.2, 0.25) is 0 Å². The van der Waals surface area contributed by atoms with Gasteiger partial charge in [0.15, 0.2) is 0 Å². The number of furan rings is 2. The van der Waals surface area contributed by atoms with Crippen LogP contribution in [-0.4, -0.2) is 8.97 Å². The summed E-state index contributed by atoms with van der Waals surface area (Å²) in [5.74, 6) is 0.